The molecule has 3 aromatic rings. The van der Waals surface area contributed by atoms with Crippen LogP contribution in [0.25, 0.3) is 0 Å². The van der Waals surface area contributed by atoms with E-state index in [0.717, 1.165) is 11.1 Å². The summed E-state index contributed by atoms with van der Waals surface area (Å²) in [5.74, 6) is 0.320. The molecular formula is C26H29N5O4. The smallest absolute Gasteiger partial charge is 0.250 e. The van der Waals surface area contributed by atoms with Crippen LogP contribution in [0.5, 0.6) is 0 Å². The van der Waals surface area contributed by atoms with Crippen LogP contribution in [-0.4, -0.2) is 69.4 Å². The maximum atomic E-state index is 13.7. The molecule has 2 aliphatic heterocycles. The number of fused-ring (bicyclic) bond motifs is 1. The van der Waals surface area contributed by atoms with Gasteiger partial charge in [-0.2, -0.15) is 5.01 Å². The maximum Gasteiger partial charge on any atom is 0.250 e. The monoisotopic (exact) mass is 475 g/mol. The topological polar surface area (TPSA) is 92.5 Å². The summed E-state index contributed by atoms with van der Waals surface area (Å²) < 4.78 is 5.51. The average molecular weight is 476 g/mol. The van der Waals surface area contributed by atoms with Crippen LogP contribution in [0.2, 0.25) is 0 Å². The van der Waals surface area contributed by atoms with E-state index < -0.39 is 18.6 Å². The normalized spacial score (nSPS) is 22.3. The molecule has 182 valence electrons. The van der Waals surface area contributed by atoms with Crippen LogP contribution in [0.3, 0.4) is 0 Å². The van der Waals surface area contributed by atoms with Gasteiger partial charge < -0.3 is 19.3 Å². The number of hydrogen-bond acceptors (Lipinski definition) is 7. The molecule has 0 radical (unpaired) electrons. The minimum atomic E-state index is -1.07. The lowest BCUT2D eigenvalue weighted by molar-refractivity contribution is -0.241. The number of nitrogens with zero attached hydrogens (tertiary/aromatic N) is 4. The van der Waals surface area contributed by atoms with Gasteiger partial charge in [0.05, 0.1) is 25.9 Å². The third-order valence-corrected chi connectivity index (χ3v) is 6.50. The summed E-state index contributed by atoms with van der Waals surface area (Å²) in [5, 5.41) is 17.8. The number of amides is 2. The standard InChI is InChI=1S/C26H29N5O4/c1-28-18-23(32)30-22(31(28)26(34)27-15-19-9-4-2-5-10-19)17-29(16-21-13-8-14-35-21)25(33)24(30)20-11-6-3-7-12-20/h2-14,22,24,26-27,34H,15-18H2,1H3/t22-,24-,26?/m0/s1. The highest BCUT2D eigenvalue weighted by atomic mass is 16.3. The van der Waals surface area contributed by atoms with Crippen LogP contribution < -0.4 is 5.32 Å². The molecule has 0 saturated carbocycles. The van der Waals surface area contributed by atoms with E-state index in [0.29, 0.717) is 12.3 Å². The number of hydrazine groups is 1. The van der Waals surface area contributed by atoms with Crippen molar-refractivity contribution in [1.82, 2.24) is 25.1 Å². The lowest BCUT2D eigenvalue weighted by Gasteiger charge is -2.55. The first-order valence-electron chi connectivity index (χ1n) is 11.6. The van der Waals surface area contributed by atoms with Crippen molar-refractivity contribution in [3.05, 3.63) is 95.9 Å². The second kappa shape index (κ2) is 10.0. The first-order chi connectivity index (χ1) is 17.0. The number of aliphatic hydroxyl groups is 1. The van der Waals surface area contributed by atoms with Crippen LogP contribution in [0.1, 0.15) is 22.9 Å². The number of rotatable bonds is 7. The van der Waals surface area contributed by atoms with Gasteiger partial charge in [-0.25, -0.2) is 5.01 Å². The average Bonchev–Trinajstić information content (AvgIpc) is 3.38. The highest BCUT2D eigenvalue weighted by Crippen LogP contribution is 2.35. The predicted molar refractivity (Wildman–Crippen MR) is 128 cm³/mol. The maximum absolute atomic E-state index is 13.7. The van der Waals surface area contributed by atoms with Crippen LogP contribution in [-0.2, 0) is 22.7 Å². The summed E-state index contributed by atoms with van der Waals surface area (Å²) in [6, 6.07) is 21.9. The van der Waals surface area contributed by atoms with Gasteiger partial charge in [-0.15, -0.1) is 0 Å². The number of carbonyl (C=O) groups excluding carboxylic acids is 2. The van der Waals surface area contributed by atoms with Crippen molar-refractivity contribution in [3.8, 4) is 0 Å². The molecule has 2 aromatic carbocycles. The van der Waals surface area contributed by atoms with Gasteiger partial charge in [0, 0.05) is 13.6 Å². The Morgan fingerprint density at radius 3 is 2.43 bits per heavy atom. The zero-order valence-corrected chi connectivity index (χ0v) is 19.5. The first kappa shape index (κ1) is 23.3. The van der Waals surface area contributed by atoms with Crippen molar-refractivity contribution in [3.63, 3.8) is 0 Å². The van der Waals surface area contributed by atoms with E-state index in [1.807, 2.05) is 66.7 Å². The lowest BCUT2D eigenvalue weighted by Crippen LogP contribution is -2.74. The second-order valence-corrected chi connectivity index (χ2v) is 8.83. The Morgan fingerprint density at radius 1 is 1.03 bits per heavy atom. The Labute approximate surface area is 204 Å². The van der Waals surface area contributed by atoms with Gasteiger partial charge in [0.2, 0.25) is 5.91 Å². The summed E-state index contributed by atoms with van der Waals surface area (Å²) in [5.41, 5.74) is 1.76. The minimum Gasteiger partial charge on any atom is -0.467 e. The van der Waals surface area contributed by atoms with Crippen LogP contribution in [0, 0.1) is 0 Å². The minimum absolute atomic E-state index is 0.0510. The van der Waals surface area contributed by atoms with E-state index >= 15 is 0 Å². The Balaban J connectivity index is 1.46. The first-order valence-corrected chi connectivity index (χ1v) is 11.6. The zero-order chi connectivity index (χ0) is 24.4. The summed E-state index contributed by atoms with van der Waals surface area (Å²) in [4.78, 5) is 30.3. The van der Waals surface area contributed by atoms with Crippen LogP contribution >= 0.6 is 0 Å². The van der Waals surface area contributed by atoms with Gasteiger partial charge in [0.15, 0.2) is 6.35 Å². The van der Waals surface area contributed by atoms with E-state index in [4.69, 9.17) is 4.42 Å². The van der Waals surface area contributed by atoms with E-state index in [1.54, 1.807) is 39.2 Å². The van der Waals surface area contributed by atoms with Crippen molar-refractivity contribution < 1.29 is 19.1 Å². The molecule has 3 atom stereocenters. The van der Waals surface area contributed by atoms with Crippen molar-refractivity contribution >= 4 is 11.8 Å². The van der Waals surface area contributed by atoms with Gasteiger partial charge in [-0.3, -0.25) is 14.9 Å². The number of benzene rings is 2. The molecule has 2 amide bonds. The Kier molecular flexibility index (Phi) is 6.65. The molecule has 2 fully saturated rings. The Bertz CT molecular complexity index is 1140. The fourth-order valence-corrected chi connectivity index (χ4v) is 4.87. The van der Waals surface area contributed by atoms with Gasteiger partial charge in [-0.1, -0.05) is 60.7 Å². The molecule has 35 heavy (non-hydrogen) atoms. The molecule has 1 aromatic heterocycles. The number of furan rings is 1. The van der Waals surface area contributed by atoms with E-state index in [2.05, 4.69) is 5.32 Å². The van der Waals surface area contributed by atoms with Crippen molar-refractivity contribution in [2.45, 2.75) is 31.6 Å². The Morgan fingerprint density at radius 2 is 1.74 bits per heavy atom. The molecule has 9 nitrogen and oxygen atoms in total. The Hall–Kier alpha value is -3.50. The third-order valence-electron chi connectivity index (χ3n) is 6.50. The zero-order valence-electron chi connectivity index (χ0n) is 19.5. The van der Waals surface area contributed by atoms with Crippen molar-refractivity contribution in [2.24, 2.45) is 0 Å². The summed E-state index contributed by atoms with van der Waals surface area (Å²) >= 11 is 0. The number of aliphatic hydroxyl groups excluding tert-OH is 1. The number of piperazine rings is 1. The fourth-order valence-electron chi connectivity index (χ4n) is 4.87. The fraction of sp³-hybridized carbons (Fsp3) is 0.308. The number of hydrogen-bond donors (Lipinski definition) is 2. The third kappa shape index (κ3) is 4.71. The SMILES string of the molecule is CN1CC(=O)N2[C@@H](c3ccccc3)C(=O)N(Cc3ccco3)C[C@@H]2N1C(O)NCc1ccccc1. The van der Waals surface area contributed by atoms with Crippen molar-refractivity contribution in [2.75, 3.05) is 20.1 Å². The van der Waals surface area contributed by atoms with Gasteiger partial charge in [0.25, 0.3) is 5.91 Å². The molecule has 2 N–H and O–H groups in total. The number of nitrogens with one attached hydrogen (secondary N) is 1. The highest BCUT2D eigenvalue weighted by Gasteiger charge is 2.51. The molecule has 3 heterocycles. The highest BCUT2D eigenvalue weighted by molar-refractivity contribution is 5.91. The predicted octanol–water partition coefficient (Wildman–Crippen LogP) is 1.75. The molecule has 2 aliphatic rings. The summed E-state index contributed by atoms with van der Waals surface area (Å²) in [6.07, 6.45) is -0.0695. The molecule has 5 rings (SSSR count). The number of carbonyl (C=O) groups is 2. The molecule has 0 bridgehead atoms. The van der Waals surface area contributed by atoms with Crippen molar-refractivity contribution in [1.29, 1.82) is 0 Å². The second-order valence-electron chi connectivity index (χ2n) is 8.83. The van der Waals surface area contributed by atoms with Gasteiger partial charge >= 0.3 is 0 Å². The lowest BCUT2D eigenvalue weighted by atomic mass is 9.98. The molecule has 1 unspecified atom stereocenters. The van der Waals surface area contributed by atoms with Crippen LogP contribution in [0.4, 0.5) is 0 Å². The molecule has 9 heteroatoms. The summed E-state index contributed by atoms with van der Waals surface area (Å²) in [7, 11) is 1.77. The molecule has 0 aliphatic carbocycles. The van der Waals surface area contributed by atoms with E-state index in [-0.39, 0.29) is 31.4 Å². The molecular weight excluding hydrogens is 446 g/mol. The van der Waals surface area contributed by atoms with Gasteiger partial charge in [0.1, 0.15) is 18.0 Å². The summed E-state index contributed by atoms with van der Waals surface area (Å²) in [6.45, 7) is 1.00. The largest absolute Gasteiger partial charge is 0.467 e. The number of likely N-dealkylation sites (N-methyl/N-ethyl adjacent to an activating group) is 1. The quantitative estimate of drug-likeness (QED) is 0.503. The van der Waals surface area contributed by atoms with E-state index in [1.165, 1.54) is 0 Å². The molecule has 2 saturated heterocycles. The van der Waals surface area contributed by atoms with E-state index in [9.17, 15) is 14.7 Å². The van der Waals surface area contributed by atoms with Crippen LogP contribution in [0.15, 0.2) is 83.5 Å². The van der Waals surface area contributed by atoms with Gasteiger partial charge in [-0.05, 0) is 23.3 Å². The molecule has 0 spiro atoms.